The molecule has 0 unspecified atom stereocenters. The van der Waals surface area contributed by atoms with Gasteiger partial charge in [-0.15, -0.1) is 0 Å². The summed E-state index contributed by atoms with van der Waals surface area (Å²) in [7, 11) is 1.57. The predicted molar refractivity (Wildman–Crippen MR) is 66.7 cm³/mol. The molecule has 2 rings (SSSR count). The summed E-state index contributed by atoms with van der Waals surface area (Å²) in [6.45, 7) is 1.96. The third kappa shape index (κ3) is 2.47. The first kappa shape index (κ1) is 11.7. The minimum absolute atomic E-state index is 0.206. The van der Waals surface area contributed by atoms with Crippen LogP contribution in [0.2, 0.25) is 5.02 Å². The Morgan fingerprint density at radius 3 is 2.82 bits per heavy atom. The van der Waals surface area contributed by atoms with E-state index in [1.165, 1.54) is 0 Å². The van der Waals surface area contributed by atoms with E-state index in [-0.39, 0.29) is 5.91 Å². The van der Waals surface area contributed by atoms with Crippen LogP contribution in [-0.4, -0.2) is 22.5 Å². The smallest absolute Gasteiger partial charge is 0.271 e. The number of nitrogens with one attached hydrogen (secondary N) is 1. The molecule has 4 nitrogen and oxygen atoms in total. The van der Waals surface area contributed by atoms with Crippen LogP contribution in [0.3, 0.4) is 0 Å². The van der Waals surface area contributed by atoms with Gasteiger partial charge < -0.3 is 9.88 Å². The van der Waals surface area contributed by atoms with Crippen LogP contribution in [0.25, 0.3) is 5.69 Å². The Morgan fingerprint density at radius 2 is 2.18 bits per heavy atom. The van der Waals surface area contributed by atoms with Crippen molar-refractivity contribution < 1.29 is 4.79 Å². The molecular weight excluding hydrogens is 238 g/mol. The van der Waals surface area contributed by atoms with Gasteiger partial charge in [-0.05, 0) is 30.7 Å². The second-order valence-electron chi connectivity index (χ2n) is 3.73. The van der Waals surface area contributed by atoms with Gasteiger partial charge in [0.05, 0.1) is 0 Å². The molecule has 1 amide bonds. The van der Waals surface area contributed by atoms with E-state index in [1.54, 1.807) is 24.1 Å². The average molecular weight is 250 g/mol. The zero-order chi connectivity index (χ0) is 12.4. The normalized spacial score (nSPS) is 10.3. The maximum absolute atomic E-state index is 11.4. The molecule has 0 saturated heterocycles. The molecule has 17 heavy (non-hydrogen) atoms. The maximum atomic E-state index is 11.4. The molecule has 0 spiro atoms. The molecule has 1 aromatic heterocycles. The SMILES string of the molecule is CNC(=O)c1cn(-c2cc(C)cc(Cl)c2)cn1. The number of carbonyl (C=O) groups excluding carboxylic acids is 1. The quantitative estimate of drug-likeness (QED) is 0.887. The molecule has 5 heteroatoms. The van der Waals surface area contributed by atoms with Crippen LogP contribution in [0.5, 0.6) is 0 Å². The molecule has 0 aliphatic carbocycles. The van der Waals surface area contributed by atoms with Crippen LogP contribution in [0.4, 0.5) is 0 Å². The molecule has 0 radical (unpaired) electrons. The van der Waals surface area contributed by atoms with Crippen molar-refractivity contribution in [2.24, 2.45) is 0 Å². The van der Waals surface area contributed by atoms with E-state index in [1.807, 2.05) is 25.1 Å². The Labute approximate surface area is 104 Å². The van der Waals surface area contributed by atoms with Crippen molar-refractivity contribution in [2.45, 2.75) is 6.92 Å². The van der Waals surface area contributed by atoms with Gasteiger partial charge in [-0.3, -0.25) is 4.79 Å². The minimum atomic E-state index is -0.206. The number of nitrogens with zero attached hydrogens (tertiary/aromatic N) is 2. The number of aryl methyl sites for hydroxylation is 1. The van der Waals surface area contributed by atoms with Crippen molar-refractivity contribution in [3.63, 3.8) is 0 Å². The van der Waals surface area contributed by atoms with E-state index in [0.29, 0.717) is 10.7 Å². The summed E-state index contributed by atoms with van der Waals surface area (Å²) < 4.78 is 1.77. The number of rotatable bonds is 2. The van der Waals surface area contributed by atoms with Gasteiger partial charge >= 0.3 is 0 Å². The van der Waals surface area contributed by atoms with Crippen molar-refractivity contribution in [1.29, 1.82) is 0 Å². The Hall–Kier alpha value is -1.81. The lowest BCUT2D eigenvalue weighted by Crippen LogP contribution is -2.17. The fourth-order valence-corrected chi connectivity index (χ4v) is 1.86. The minimum Gasteiger partial charge on any atom is -0.354 e. The van der Waals surface area contributed by atoms with E-state index in [2.05, 4.69) is 10.3 Å². The lowest BCUT2D eigenvalue weighted by molar-refractivity contribution is 0.0958. The van der Waals surface area contributed by atoms with E-state index in [9.17, 15) is 4.79 Å². The lowest BCUT2D eigenvalue weighted by atomic mass is 10.2. The van der Waals surface area contributed by atoms with Gasteiger partial charge in [0.15, 0.2) is 0 Å². The molecule has 0 saturated carbocycles. The van der Waals surface area contributed by atoms with E-state index < -0.39 is 0 Å². The van der Waals surface area contributed by atoms with Gasteiger partial charge in [-0.25, -0.2) is 4.98 Å². The summed E-state index contributed by atoms with van der Waals surface area (Å²) in [4.78, 5) is 15.4. The van der Waals surface area contributed by atoms with Crippen LogP contribution in [0.1, 0.15) is 16.1 Å². The topological polar surface area (TPSA) is 46.9 Å². The fourth-order valence-electron chi connectivity index (χ4n) is 1.58. The molecular formula is C12H12ClN3O. The number of hydrogen-bond donors (Lipinski definition) is 1. The maximum Gasteiger partial charge on any atom is 0.271 e. The Morgan fingerprint density at radius 1 is 1.41 bits per heavy atom. The third-order valence-corrected chi connectivity index (χ3v) is 2.59. The average Bonchev–Trinajstić information content (AvgIpc) is 2.76. The predicted octanol–water partition coefficient (Wildman–Crippen LogP) is 2.19. The highest BCUT2D eigenvalue weighted by atomic mass is 35.5. The Bertz CT molecular complexity index is 542. The largest absolute Gasteiger partial charge is 0.354 e. The number of carbonyl (C=O) groups is 1. The highest BCUT2D eigenvalue weighted by Crippen LogP contribution is 2.18. The van der Waals surface area contributed by atoms with Gasteiger partial charge in [0, 0.05) is 24.0 Å². The number of benzene rings is 1. The summed E-state index contributed by atoms with van der Waals surface area (Å²) in [6, 6.07) is 5.67. The molecule has 88 valence electrons. The van der Waals surface area contributed by atoms with Crippen LogP contribution in [0, 0.1) is 6.92 Å². The van der Waals surface area contributed by atoms with E-state index >= 15 is 0 Å². The molecule has 1 aromatic carbocycles. The second-order valence-corrected chi connectivity index (χ2v) is 4.17. The highest BCUT2D eigenvalue weighted by Gasteiger charge is 2.08. The van der Waals surface area contributed by atoms with Crippen molar-refractivity contribution in [2.75, 3.05) is 7.05 Å². The van der Waals surface area contributed by atoms with Crippen LogP contribution in [-0.2, 0) is 0 Å². The fraction of sp³-hybridized carbons (Fsp3) is 0.167. The van der Waals surface area contributed by atoms with E-state index in [4.69, 9.17) is 11.6 Å². The van der Waals surface area contributed by atoms with Crippen LogP contribution in [0.15, 0.2) is 30.7 Å². The summed E-state index contributed by atoms with van der Waals surface area (Å²) >= 11 is 5.98. The van der Waals surface area contributed by atoms with Crippen LogP contribution >= 0.6 is 11.6 Å². The Balaban J connectivity index is 2.40. The first-order valence-corrected chi connectivity index (χ1v) is 5.51. The highest BCUT2D eigenvalue weighted by molar-refractivity contribution is 6.30. The van der Waals surface area contributed by atoms with Gasteiger partial charge in [0.25, 0.3) is 5.91 Å². The summed E-state index contributed by atoms with van der Waals surface area (Å²) in [5.41, 5.74) is 2.32. The molecule has 1 N–H and O–H groups in total. The monoisotopic (exact) mass is 249 g/mol. The summed E-state index contributed by atoms with van der Waals surface area (Å²) in [6.07, 6.45) is 3.26. The van der Waals surface area contributed by atoms with E-state index in [0.717, 1.165) is 11.3 Å². The van der Waals surface area contributed by atoms with Gasteiger partial charge in [-0.2, -0.15) is 0 Å². The van der Waals surface area contributed by atoms with Crippen molar-refractivity contribution >= 4 is 17.5 Å². The molecule has 0 aliphatic rings. The number of aromatic nitrogens is 2. The van der Waals surface area contributed by atoms with Crippen molar-refractivity contribution in [3.05, 3.63) is 47.0 Å². The van der Waals surface area contributed by atoms with Crippen molar-refractivity contribution in [1.82, 2.24) is 14.9 Å². The van der Waals surface area contributed by atoms with Crippen LogP contribution < -0.4 is 5.32 Å². The molecule has 0 bridgehead atoms. The first-order chi connectivity index (χ1) is 8.10. The zero-order valence-corrected chi connectivity index (χ0v) is 10.3. The second kappa shape index (κ2) is 4.59. The van der Waals surface area contributed by atoms with Gasteiger partial charge in [-0.1, -0.05) is 11.6 Å². The number of halogens is 1. The number of hydrogen-bond acceptors (Lipinski definition) is 2. The molecule has 0 aliphatic heterocycles. The first-order valence-electron chi connectivity index (χ1n) is 5.14. The summed E-state index contributed by atoms with van der Waals surface area (Å²) in [5.74, 6) is -0.206. The summed E-state index contributed by atoms with van der Waals surface area (Å²) in [5, 5.41) is 3.19. The van der Waals surface area contributed by atoms with Crippen molar-refractivity contribution in [3.8, 4) is 5.69 Å². The Kier molecular flexibility index (Phi) is 3.15. The lowest BCUT2D eigenvalue weighted by Gasteiger charge is -2.04. The standard InChI is InChI=1S/C12H12ClN3O/c1-8-3-9(13)5-10(4-8)16-6-11(15-7-16)12(17)14-2/h3-7H,1-2H3,(H,14,17). The molecule has 0 atom stereocenters. The number of amides is 1. The van der Waals surface area contributed by atoms with Gasteiger partial charge in [0.1, 0.15) is 12.0 Å². The molecule has 0 fully saturated rings. The third-order valence-electron chi connectivity index (χ3n) is 2.37. The van der Waals surface area contributed by atoms with Gasteiger partial charge in [0.2, 0.25) is 0 Å². The zero-order valence-electron chi connectivity index (χ0n) is 9.57. The molecule has 1 heterocycles. The molecule has 2 aromatic rings. The number of imidazole rings is 1.